The molecule has 110 valence electrons. The molecule has 0 N–H and O–H groups in total. The van der Waals surface area contributed by atoms with E-state index in [1.54, 1.807) is 0 Å². The highest BCUT2D eigenvalue weighted by atomic mass is 28.4. The molecular weight excluding hydrogens is 270 g/mol. The first-order valence-electron chi connectivity index (χ1n) is 7.39. The second-order valence-electron chi connectivity index (χ2n) is 5.93. The summed E-state index contributed by atoms with van der Waals surface area (Å²) in [7, 11) is -2.82. The number of hydrogen-bond acceptors (Lipinski definition) is 4. The van der Waals surface area contributed by atoms with Crippen molar-refractivity contribution in [1.29, 1.82) is 0 Å². The van der Waals surface area contributed by atoms with Crippen molar-refractivity contribution in [1.82, 2.24) is 4.90 Å². The first kappa shape index (κ1) is 14.2. The summed E-state index contributed by atoms with van der Waals surface area (Å²) >= 11 is 0. The molecule has 20 heavy (non-hydrogen) atoms. The minimum Gasteiger partial charge on any atom is -0.366 e. The zero-order valence-electron chi connectivity index (χ0n) is 12.4. The Morgan fingerprint density at radius 1 is 0.850 bits per heavy atom. The molecule has 0 aliphatic carbocycles. The number of rotatable bonds is 1. The van der Waals surface area contributed by atoms with Crippen molar-refractivity contribution in [2.45, 2.75) is 39.1 Å². The van der Waals surface area contributed by atoms with E-state index in [1.165, 1.54) is 0 Å². The fourth-order valence-corrected chi connectivity index (χ4v) is 6.14. The van der Waals surface area contributed by atoms with E-state index < -0.39 is 8.80 Å². The highest BCUT2D eigenvalue weighted by molar-refractivity contribution is 6.75. The van der Waals surface area contributed by atoms with Crippen LogP contribution >= 0.6 is 0 Å². The Morgan fingerprint density at radius 2 is 1.30 bits per heavy atom. The number of nitrogens with zero attached hydrogens (tertiary/aromatic N) is 1. The van der Waals surface area contributed by atoms with Crippen LogP contribution in [-0.4, -0.2) is 51.7 Å². The average molecular weight is 293 g/mol. The summed E-state index contributed by atoms with van der Waals surface area (Å²) in [5.74, 6) is 0. The molecule has 4 nitrogen and oxygen atoms in total. The largest absolute Gasteiger partial charge is 0.538 e. The quantitative estimate of drug-likeness (QED) is 0.732. The molecule has 1 aromatic rings. The van der Waals surface area contributed by atoms with Crippen LogP contribution in [-0.2, 0) is 13.3 Å². The maximum Gasteiger partial charge on any atom is 0.538 e. The van der Waals surface area contributed by atoms with Crippen LogP contribution in [0.5, 0.6) is 0 Å². The Morgan fingerprint density at radius 3 is 1.75 bits per heavy atom. The lowest BCUT2D eigenvalue weighted by Crippen LogP contribution is -2.67. The van der Waals surface area contributed by atoms with E-state index in [0.717, 1.165) is 24.8 Å². The highest BCUT2D eigenvalue weighted by Crippen LogP contribution is 2.24. The van der Waals surface area contributed by atoms with E-state index >= 15 is 0 Å². The fraction of sp³-hybridized carbons (Fsp3) is 0.600. The molecule has 0 amide bonds. The van der Waals surface area contributed by atoms with Gasteiger partial charge in [-0.3, -0.25) is 4.90 Å². The van der Waals surface area contributed by atoms with Crippen LogP contribution < -0.4 is 5.19 Å². The fourth-order valence-electron chi connectivity index (χ4n) is 3.15. The van der Waals surface area contributed by atoms with Crippen molar-refractivity contribution in [2.75, 3.05) is 19.6 Å². The third-order valence-corrected chi connectivity index (χ3v) is 6.92. The van der Waals surface area contributed by atoms with Gasteiger partial charge in [-0.2, -0.15) is 0 Å². The van der Waals surface area contributed by atoms with Crippen molar-refractivity contribution in [3.05, 3.63) is 30.3 Å². The molecule has 3 heterocycles. The zero-order chi connectivity index (χ0) is 14.2. The second-order valence-corrected chi connectivity index (χ2v) is 8.32. The summed E-state index contributed by atoms with van der Waals surface area (Å²) in [6.45, 7) is 9.16. The van der Waals surface area contributed by atoms with Crippen molar-refractivity contribution in [3.8, 4) is 0 Å². The number of fused-ring (bicyclic) bond motifs is 6. The lowest BCUT2D eigenvalue weighted by molar-refractivity contribution is -0.0708. The van der Waals surface area contributed by atoms with E-state index in [0.29, 0.717) is 0 Å². The summed E-state index contributed by atoms with van der Waals surface area (Å²) in [4.78, 5) is 2.38. The molecule has 4 rings (SSSR count). The van der Waals surface area contributed by atoms with Crippen LogP contribution in [0, 0.1) is 0 Å². The minimum absolute atomic E-state index is 0.127. The van der Waals surface area contributed by atoms with Crippen LogP contribution in [0.3, 0.4) is 0 Å². The van der Waals surface area contributed by atoms with Gasteiger partial charge in [0, 0.05) is 24.8 Å². The van der Waals surface area contributed by atoms with Gasteiger partial charge in [0.25, 0.3) is 0 Å². The van der Waals surface area contributed by atoms with Gasteiger partial charge in [0.05, 0.1) is 18.3 Å². The third kappa shape index (κ3) is 2.82. The Hall–Kier alpha value is -0.723. The number of hydrogen-bond donors (Lipinski definition) is 0. The van der Waals surface area contributed by atoms with E-state index in [2.05, 4.69) is 37.8 Å². The molecule has 0 aromatic heterocycles. The zero-order valence-corrected chi connectivity index (χ0v) is 13.4. The molecule has 5 heteroatoms. The summed E-state index contributed by atoms with van der Waals surface area (Å²) < 4.78 is 19.0. The van der Waals surface area contributed by atoms with Gasteiger partial charge in [0.15, 0.2) is 0 Å². The molecule has 0 saturated carbocycles. The SMILES string of the molecule is CC1CN2CC(C)O[Si](c3ccccc3)(O1)OC(C)C2. The third-order valence-electron chi connectivity index (χ3n) is 3.74. The first-order chi connectivity index (χ1) is 9.57. The molecule has 0 spiro atoms. The van der Waals surface area contributed by atoms with Gasteiger partial charge in [-0.1, -0.05) is 30.3 Å². The van der Waals surface area contributed by atoms with Crippen LogP contribution in [0.4, 0.5) is 0 Å². The topological polar surface area (TPSA) is 30.9 Å². The Kier molecular flexibility index (Phi) is 3.97. The van der Waals surface area contributed by atoms with Crippen LogP contribution in [0.1, 0.15) is 20.8 Å². The second kappa shape index (κ2) is 5.58. The summed E-state index contributed by atoms with van der Waals surface area (Å²) in [6.07, 6.45) is 0.380. The predicted octanol–water partition coefficient (Wildman–Crippen LogP) is 1.38. The summed E-state index contributed by atoms with van der Waals surface area (Å²) in [6, 6.07) is 10.2. The maximum atomic E-state index is 6.33. The molecular formula is C15H23NO3Si. The summed E-state index contributed by atoms with van der Waals surface area (Å²) in [5.41, 5.74) is 0. The van der Waals surface area contributed by atoms with Gasteiger partial charge in [0.1, 0.15) is 0 Å². The smallest absolute Gasteiger partial charge is 0.366 e. The van der Waals surface area contributed by atoms with Crippen LogP contribution in [0.25, 0.3) is 0 Å². The van der Waals surface area contributed by atoms with E-state index in [-0.39, 0.29) is 18.3 Å². The van der Waals surface area contributed by atoms with Crippen molar-refractivity contribution in [2.24, 2.45) is 0 Å². The molecule has 3 fully saturated rings. The normalized spacial score (nSPS) is 41.8. The summed E-state index contributed by atoms with van der Waals surface area (Å²) in [5, 5.41) is 1.07. The molecule has 3 unspecified atom stereocenters. The molecule has 3 aliphatic heterocycles. The van der Waals surface area contributed by atoms with Crippen LogP contribution in [0.15, 0.2) is 30.3 Å². The molecule has 2 bridgehead atoms. The van der Waals surface area contributed by atoms with Gasteiger partial charge in [-0.05, 0) is 20.8 Å². The van der Waals surface area contributed by atoms with Crippen molar-refractivity contribution < 1.29 is 13.3 Å². The lowest BCUT2D eigenvalue weighted by Gasteiger charge is -2.45. The highest BCUT2D eigenvalue weighted by Gasteiger charge is 2.51. The van der Waals surface area contributed by atoms with Gasteiger partial charge in [0.2, 0.25) is 0 Å². The van der Waals surface area contributed by atoms with E-state index in [9.17, 15) is 0 Å². The molecule has 1 aromatic carbocycles. The Labute approximate surface area is 122 Å². The van der Waals surface area contributed by atoms with Crippen LogP contribution in [0.2, 0.25) is 0 Å². The van der Waals surface area contributed by atoms with Crippen molar-refractivity contribution in [3.63, 3.8) is 0 Å². The first-order valence-corrected chi connectivity index (χ1v) is 9.11. The Balaban J connectivity index is 2.02. The van der Waals surface area contributed by atoms with Crippen molar-refractivity contribution >= 4 is 14.0 Å². The number of benzene rings is 1. The van der Waals surface area contributed by atoms with Gasteiger partial charge in [-0.25, -0.2) is 0 Å². The average Bonchev–Trinajstić information content (AvgIpc) is 2.35. The monoisotopic (exact) mass is 293 g/mol. The van der Waals surface area contributed by atoms with E-state index in [4.69, 9.17) is 13.3 Å². The molecule has 3 atom stereocenters. The Bertz CT molecular complexity index is 420. The molecule has 0 radical (unpaired) electrons. The van der Waals surface area contributed by atoms with E-state index in [1.807, 2.05) is 18.2 Å². The lowest BCUT2D eigenvalue weighted by atomic mass is 10.2. The van der Waals surface area contributed by atoms with Gasteiger partial charge in [-0.15, -0.1) is 0 Å². The minimum atomic E-state index is -2.82. The predicted molar refractivity (Wildman–Crippen MR) is 79.9 cm³/mol. The standard InChI is InChI=1S/C15H23NO3Si/c1-12-9-16-10-13(2)18-20(17-12,19-14(3)11-16)15-7-5-4-6-8-15/h4-8,12-14H,9-11H2,1-3H3. The molecule has 3 saturated heterocycles. The molecule has 3 aliphatic rings. The maximum absolute atomic E-state index is 6.33. The van der Waals surface area contributed by atoms with Gasteiger partial charge < -0.3 is 13.3 Å². The van der Waals surface area contributed by atoms with Gasteiger partial charge >= 0.3 is 8.80 Å².